The van der Waals surface area contributed by atoms with Crippen LogP contribution in [0.15, 0.2) is 0 Å². The lowest BCUT2D eigenvalue weighted by Crippen LogP contribution is -2.48. The zero-order valence-corrected chi connectivity index (χ0v) is 10.6. The highest BCUT2D eigenvalue weighted by atomic mass is 35.7. The minimum absolute atomic E-state index is 0.233. The molecule has 12 heavy (non-hydrogen) atoms. The molecular formula is C8H15Cl3Si. The van der Waals surface area contributed by atoms with Crippen molar-refractivity contribution in [3.8, 4) is 0 Å². The molecule has 1 rings (SSSR count). The molecule has 0 bridgehead atoms. The standard InChI is InChI=1S/C8H15Cl3Si/c1-2-5-8(9)6-3-4-7-12(8,10)11/h2-7H2,1H3. The molecule has 1 fully saturated rings. The second kappa shape index (κ2) is 4.08. The van der Waals surface area contributed by atoms with E-state index in [1.807, 2.05) is 0 Å². The Morgan fingerprint density at radius 1 is 1.33 bits per heavy atom. The van der Waals surface area contributed by atoms with Gasteiger partial charge in [-0.3, -0.25) is 0 Å². The van der Waals surface area contributed by atoms with Gasteiger partial charge in [0.1, 0.15) is 0 Å². The highest BCUT2D eigenvalue weighted by Gasteiger charge is 2.51. The quantitative estimate of drug-likeness (QED) is 0.384. The molecule has 0 aromatic carbocycles. The summed E-state index contributed by atoms with van der Waals surface area (Å²) >= 11 is 19.1. The van der Waals surface area contributed by atoms with Crippen LogP contribution in [0.3, 0.4) is 0 Å². The predicted molar refractivity (Wildman–Crippen MR) is 59.6 cm³/mol. The lowest BCUT2D eigenvalue weighted by molar-refractivity contribution is 0.548. The molecule has 1 aliphatic rings. The predicted octanol–water partition coefficient (Wildman–Crippen LogP) is 4.41. The van der Waals surface area contributed by atoms with E-state index in [1.54, 1.807) is 0 Å². The number of halogens is 3. The first-order chi connectivity index (χ1) is 5.52. The molecule has 0 saturated carbocycles. The van der Waals surface area contributed by atoms with E-state index in [4.69, 9.17) is 33.8 Å². The molecular weight excluding hydrogens is 231 g/mol. The van der Waals surface area contributed by atoms with Gasteiger partial charge in [-0.05, 0) is 18.9 Å². The van der Waals surface area contributed by atoms with Gasteiger partial charge in [0.05, 0.1) is 4.50 Å². The van der Waals surface area contributed by atoms with Gasteiger partial charge >= 0.3 is 0 Å². The normalized spacial score (nSPS) is 35.0. The maximum atomic E-state index is 6.46. The van der Waals surface area contributed by atoms with E-state index in [0.29, 0.717) is 0 Å². The van der Waals surface area contributed by atoms with Crippen molar-refractivity contribution in [3.63, 3.8) is 0 Å². The highest BCUT2D eigenvalue weighted by molar-refractivity contribution is 7.48. The highest BCUT2D eigenvalue weighted by Crippen LogP contribution is 2.48. The van der Waals surface area contributed by atoms with Gasteiger partial charge in [0.25, 0.3) is 6.69 Å². The molecule has 0 radical (unpaired) electrons. The summed E-state index contributed by atoms with van der Waals surface area (Å²) in [5, 5.41) is 0. The fourth-order valence-electron chi connectivity index (χ4n) is 1.86. The Balaban J connectivity index is 2.69. The summed E-state index contributed by atoms with van der Waals surface area (Å²) in [5.41, 5.74) is 0. The molecule has 1 aliphatic heterocycles. The Labute approximate surface area is 90.0 Å². The topological polar surface area (TPSA) is 0 Å². The minimum atomic E-state index is -2.16. The van der Waals surface area contributed by atoms with Crippen molar-refractivity contribution in [2.45, 2.75) is 49.6 Å². The SMILES string of the molecule is CCCC1(Cl)CCCC[Si]1(Cl)Cl. The second-order valence-corrected chi connectivity index (χ2v) is 12.0. The molecule has 1 saturated heterocycles. The average molecular weight is 246 g/mol. The maximum Gasteiger partial charge on any atom is 0.271 e. The average Bonchev–Trinajstić information content (AvgIpc) is 1.96. The Kier molecular flexibility index (Phi) is 3.79. The van der Waals surface area contributed by atoms with Gasteiger partial charge in [-0.25, -0.2) is 0 Å². The van der Waals surface area contributed by atoms with Gasteiger partial charge in [-0.15, -0.1) is 33.8 Å². The van der Waals surface area contributed by atoms with Crippen LogP contribution in [-0.2, 0) is 0 Å². The fraction of sp³-hybridized carbons (Fsp3) is 1.00. The van der Waals surface area contributed by atoms with Crippen LogP contribution in [0.1, 0.15) is 39.0 Å². The van der Waals surface area contributed by atoms with Crippen molar-refractivity contribution < 1.29 is 0 Å². The largest absolute Gasteiger partial charge is 0.271 e. The van der Waals surface area contributed by atoms with Crippen molar-refractivity contribution in [2.24, 2.45) is 0 Å². The van der Waals surface area contributed by atoms with Crippen molar-refractivity contribution in [3.05, 3.63) is 0 Å². The summed E-state index contributed by atoms with van der Waals surface area (Å²) in [4.78, 5) is 0. The lowest BCUT2D eigenvalue weighted by atomic mass is 10.1. The Bertz CT molecular complexity index is 156. The molecule has 0 nitrogen and oxygen atoms in total. The number of alkyl halides is 1. The monoisotopic (exact) mass is 244 g/mol. The molecule has 4 heteroatoms. The Morgan fingerprint density at radius 2 is 2.00 bits per heavy atom. The zero-order valence-electron chi connectivity index (χ0n) is 7.38. The van der Waals surface area contributed by atoms with Crippen LogP contribution >= 0.6 is 33.8 Å². The first-order valence-electron chi connectivity index (χ1n) is 4.58. The van der Waals surface area contributed by atoms with Crippen LogP contribution in [0, 0.1) is 0 Å². The molecule has 1 atom stereocenters. The molecule has 0 aromatic heterocycles. The first-order valence-corrected chi connectivity index (χ1v) is 9.19. The van der Waals surface area contributed by atoms with Crippen molar-refractivity contribution in [1.82, 2.24) is 0 Å². The van der Waals surface area contributed by atoms with Crippen LogP contribution in [-0.4, -0.2) is 11.2 Å². The van der Waals surface area contributed by atoms with Crippen LogP contribution in [0.4, 0.5) is 0 Å². The molecule has 0 aromatic rings. The van der Waals surface area contributed by atoms with Gasteiger partial charge in [0.15, 0.2) is 0 Å². The van der Waals surface area contributed by atoms with E-state index in [0.717, 1.165) is 31.7 Å². The Hall–Kier alpha value is 1.09. The molecule has 0 spiro atoms. The minimum Gasteiger partial charge on any atom is -0.144 e. The first kappa shape index (κ1) is 11.2. The van der Waals surface area contributed by atoms with E-state index in [2.05, 4.69) is 6.92 Å². The van der Waals surface area contributed by atoms with E-state index in [9.17, 15) is 0 Å². The van der Waals surface area contributed by atoms with E-state index >= 15 is 0 Å². The molecule has 0 aliphatic carbocycles. The summed E-state index contributed by atoms with van der Waals surface area (Å²) in [6, 6.07) is 0.972. The van der Waals surface area contributed by atoms with Gasteiger partial charge in [-0.2, -0.15) is 0 Å². The zero-order chi connectivity index (χ0) is 9.24. The Morgan fingerprint density at radius 3 is 2.50 bits per heavy atom. The van der Waals surface area contributed by atoms with Crippen LogP contribution < -0.4 is 0 Å². The summed E-state index contributed by atoms with van der Waals surface area (Å²) < 4.78 is -0.233. The third-order valence-electron chi connectivity index (χ3n) is 2.62. The maximum absolute atomic E-state index is 6.46. The van der Waals surface area contributed by atoms with Gasteiger partial charge in [-0.1, -0.05) is 26.2 Å². The number of hydrogen-bond acceptors (Lipinski definition) is 0. The number of hydrogen-bond donors (Lipinski definition) is 0. The van der Waals surface area contributed by atoms with E-state index < -0.39 is 6.69 Å². The van der Waals surface area contributed by atoms with Crippen molar-refractivity contribution >= 4 is 40.5 Å². The summed E-state index contributed by atoms with van der Waals surface area (Å²) in [6.07, 6.45) is 5.43. The van der Waals surface area contributed by atoms with Gasteiger partial charge < -0.3 is 0 Å². The fourth-order valence-corrected chi connectivity index (χ4v) is 6.71. The molecule has 0 N–H and O–H groups in total. The summed E-state index contributed by atoms with van der Waals surface area (Å²) in [7, 11) is 0. The second-order valence-electron chi connectivity index (χ2n) is 3.63. The molecule has 1 unspecified atom stereocenters. The number of rotatable bonds is 2. The molecule has 72 valence electrons. The van der Waals surface area contributed by atoms with Gasteiger partial charge in [0.2, 0.25) is 0 Å². The third kappa shape index (κ3) is 2.12. The summed E-state index contributed by atoms with van der Waals surface area (Å²) in [5.74, 6) is 0. The van der Waals surface area contributed by atoms with Crippen LogP contribution in [0.25, 0.3) is 0 Å². The summed E-state index contributed by atoms with van der Waals surface area (Å²) in [6.45, 7) is -0.0193. The van der Waals surface area contributed by atoms with Crippen LogP contribution in [0.2, 0.25) is 6.04 Å². The van der Waals surface area contributed by atoms with E-state index in [-0.39, 0.29) is 4.50 Å². The van der Waals surface area contributed by atoms with Crippen molar-refractivity contribution in [1.29, 1.82) is 0 Å². The third-order valence-corrected chi connectivity index (χ3v) is 10.6. The van der Waals surface area contributed by atoms with Gasteiger partial charge in [0, 0.05) is 0 Å². The molecule has 0 amide bonds. The molecule has 1 heterocycles. The van der Waals surface area contributed by atoms with E-state index in [1.165, 1.54) is 6.42 Å². The lowest BCUT2D eigenvalue weighted by Gasteiger charge is -2.39. The van der Waals surface area contributed by atoms with Crippen molar-refractivity contribution in [2.75, 3.05) is 0 Å². The smallest absolute Gasteiger partial charge is 0.144 e. The van der Waals surface area contributed by atoms with Crippen LogP contribution in [0.5, 0.6) is 0 Å².